The van der Waals surface area contributed by atoms with Gasteiger partial charge >= 0.3 is 5.69 Å². The number of benzene rings is 2. The average Bonchev–Trinajstić information content (AvgIpc) is 3.13. The van der Waals surface area contributed by atoms with Gasteiger partial charge in [0.15, 0.2) is 11.2 Å². The number of aryl methyl sites for hydroxylation is 1. The SMILES string of the molecule is Cc1ccccc1Cn1cnc2c1c(=O)n(CCC(C)C)c(=O)n2-c1cccc(Cl)c1. The summed E-state index contributed by atoms with van der Waals surface area (Å²) in [4.78, 5) is 31.3. The van der Waals surface area contributed by atoms with Gasteiger partial charge in [0.1, 0.15) is 0 Å². The second-order valence-corrected chi connectivity index (χ2v) is 8.64. The van der Waals surface area contributed by atoms with Crippen LogP contribution in [0.3, 0.4) is 0 Å². The van der Waals surface area contributed by atoms with Crippen LogP contribution in [0.5, 0.6) is 0 Å². The summed E-state index contributed by atoms with van der Waals surface area (Å²) in [6.07, 6.45) is 2.36. The molecule has 4 aromatic rings. The summed E-state index contributed by atoms with van der Waals surface area (Å²) in [6, 6.07) is 15.1. The highest BCUT2D eigenvalue weighted by Crippen LogP contribution is 2.18. The summed E-state index contributed by atoms with van der Waals surface area (Å²) in [5.74, 6) is 0.360. The Morgan fingerprint density at radius 2 is 1.84 bits per heavy atom. The Balaban J connectivity index is 1.98. The van der Waals surface area contributed by atoms with Gasteiger partial charge in [0.25, 0.3) is 5.56 Å². The minimum Gasteiger partial charge on any atom is -0.320 e. The molecule has 6 nitrogen and oxygen atoms in total. The molecule has 0 spiro atoms. The van der Waals surface area contributed by atoms with Crippen LogP contribution in [0, 0.1) is 12.8 Å². The van der Waals surface area contributed by atoms with E-state index in [2.05, 4.69) is 18.8 Å². The zero-order valence-corrected chi connectivity index (χ0v) is 18.6. The number of hydrogen-bond donors (Lipinski definition) is 0. The summed E-state index contributed by atoms with van der Waals surface area (Å²) in [5.41, 5.74) is 2.84. The van der Waals surface area contributed by atoms with Crippen LogP contribution in [0.15, 0.2) is 64.4 Å². The van der Waals surface area contributed by atoms with Crippen molar-refractivity contribution >= 4 is 22.8 Å². The molecule has 0 unspecified atom stereocenters. The molecule has 2 aromatic carbocycles. The van der Waals surface area contributed by atoms with E-state index in [4.69, 9.17) is 11.6 Å². The highest BCUT2D eigenvalue weighted by Gasteiger charge is 2.20. The van der Waals surface area contributed by atoms with Gasteiger partial charge in [0.2, 0.25) is 0 Å². The van der Waals surface area contributed by atoms with E-state index in [0.29, 0.717) is 40.9 Å². The predicted molar refractivity (Wildman–Crippen MR) is 124 cm³/mol. The first-order valence-corrected chi connectivity index (χ1v) is 10.8. The highest BCUT2D eigenvalue weighted by atomic mass is 35.5. The quantitative estimate of drug-likeness (QED) is 0.450. The molecule has 0 amide bonds. The van der Waals surface area contributed by atoms with Gasteiger partial charge in [0, 0.05) is 18.1 Å². The molecule has 0 saturated heterocycles. The van der Waals surface area contributed by atoms with Crippen LogP contribution in [0.4, 0.5) is 0 Å². The first kappa shape index (κ1) is 21.1. The van der Waals surface area contributed by atoms with Crippen molar-refractivity contribution in [3.8, 4) is 5.69 Å². The third-order valence-electron chi connectivity index (χ3n) is 5.50. The lowest BCUT2D eigenvalue weighted by Gasteiger charge is -2.14. The fourth-order valence-electron chi connectivity index (χ4n) is 3.70. The summed E-state index contributed by atoms with van der Waals surface area (Å²) in [6.45, 7) is 7.03. The number of nitrogens with zero attached hydrogens (tertiary/aromatic N) is 4. The van der Waals surface area contributed by atoms with Crippen LogP contribution in [-0.4, -0.2) is 18.7 Å². The molecule has 0 N–H and O–H groups in total. The van der Waals surface area contributed by atoms with Crippen LogP contribution in [0.2, 0.25) is 5.02 Å². The summed E-state index contributed by atoms with van der Waals surface area (Å²) < 4.78 is 4.63. The molecule has 0 aliphatic rings. The molecular formula is C24H25ClN4O2. The third-order valence-corrected chi connectivity index (χ3v) is 5.73. The highest BCUT2D eigenvalue weighted by molar-refractivity contribution is 6.30. The molecular weight excluding hydrogens is 412 g/mol. The molecule has 4 rings (SSSR count). The summed E-state index contributed by atoms with van der Waals surface area (Å²) in [7, 11) is 0. The molecule has 7 heteroatoms. The Labute approximate surface area is 185 Å². The molecule has 2 aromatic heterocycles. The van der Waals surface area contributed by atoms with Crippen molar-refractivity contribution in [2.24, 2.45) is 5.92 Å². The Kier molecular flexibility index (Phi) is 5.83. The van der Waals surface area contributed by atoms with Crippen molar-refractivity contribution in [1.82, 2.24) is 18.7 Å². The van der Waals surface area contributed by atoms with Gasteiger partial charge in [-0.3, -0.25) is 9.36 Å². The lowest BCUT2D eigenvalue weighted by molar-refractivity contribution is 0.491. The molecule has 0 aliphatic heterocycles. The van der Waals surface area contributed by atoms with E-state index in [0.717, 1.165) is 17.5 Å². The first-order chi connectivity index (χ1) is 14.9. The number of hydrogen-bond acceptors (Lipinski definition) is 3. The molecule has 0 fully saturated rings. The molecule has 0 atom stereocenters. The monoisotopic (exact) mass is 436 g/mol. The molecule has 0 bridgehead atoms. The maximum atomic E-state index is 13.4. The molecule has 31 heavy (non-hydrogen) atoms. The van der Waals surface area contributed by atoms with Crippen molar-refractivity contribution in [3.05, 3.63) is 91.8 Å². The lowest BCUT2D eigenvalue weighted by atomic mass is 10.1. The number of rotatable bonds is 6. The second kappa shape index (κ2) is 8.55. The number of fused-ring (bicyclic) bond motifs is 1. The Hall–Kier alpha value is -3.12. The van der Waals surface area contributed by atoms with Gasteiger partial charge < -0.3 is 4.57 Å². The van der Waals surface area contributed by atoms with Gasteiger partial charge in [-0.05, 0) is 48.6 Å². The van der Waals surface area contributed by atoms with Crippen molar-refractivity contribution in [2.75, 3.05) is 0 Å². The second-order valence-electron chi connectivity index (χ2n) is 8.21. The van der Waals surface area contributed by atoms with E-state index in [-0.39, 0.29) is 5.56 Å². The zero-order valence-electron chi connectivity index (χ0n) is 17.9. The van der Waals surface area contributed by atoms with Gasteiger partial charge in [0.05, 0.1) is 12.0 Å². The van der Waals surface area contributed by atoms with E-state index in [9.17, 15) is 9.59 Å². The number of halogens is 1. The minimum atomic E-state index is -0.401. The lowest BCUT2D eigenvalue weighted by Crippen LogP contribution is -2.40. The van der Waals surface area contributed by atoms with Crippen LogP contribution >= 0.6 is 11.6 Å². The van der Waals surface area contributed by atoms with Crippen LogP contribution in [-0.2, 0) is 13.1 Å². The maximum Gasteiger partial charge on any atom is 0.337 e. The van der Waals surface area contributed by atoms with E-state index in [1.807, 2.05) is 35.8 Å². The Bertz CT molecular complexity index is 1360. The Morgan fingerprint density at radius 1 is 1.06 bits per heavy atom. The molecule has 0 radical (unpaired) electrons. The molecule has 160 valence electrons. The molecule has 0 aliphatic carbocycles. The van der Waals surface area contributed by atoms with Crippen molar-refractivity contribution in [2.45, 2.75) is 40.3 Å². The van der Waals surface area contributed by atoms with Crippen molar-refractivity contribution in [1.29, 1.82) is 0 Å². The van der Waals surface area contributed by atoms with Crippen molar-refractivity contribution in [3.63, 3.8) is 0 Å². The zero-order chi connectivity index (χ0) is 22.1. The number of aromatic nitrogens is 4. The summed E-state index contributed by atoms with van der Waals surface area (Å²) >= 11 is 6.19. The fourth-order valence-corrected chi connectivity index (χ4v) is 3.89. The maximum absolute atomic E-state index is 13.4. The minimum absolute atomic E-state index is 0.315. The van der Waals surface area contributed by atoms with Crippen molar-refractivity contribution < 1.29 is 0 Å². The van der Waals surface area contributed by atoms with E-state index >= 15 is 0 Å². The smallest absolute Gasteiger partial charge is 0.320 e. The van der Waals surface area contributed by atoms with E-state index in [1.165, 1.54) is 9.13 Å². The van der Waals surface area contributed by atoms with Crippen LogP contribution < -0.4 is 11.2 Å². The largest absolute Gasteiger partial charge is 0.337 e. The van der Waals surface area contributed by atoms with Crippen LogP contribution in [0.25, 0.3) is 16.9 Å². The topological polar surface area (TPSA) is 61.8 Å². The van der Waals surface area contributed by atoms with E-state index < -0.39 is 5.69 Å². The van der Waals surface area contributed by atoms with Gasteiger partial charge in [-0.25, -0.2) is 14.3 Å². The Morgan fingerprint density at radius 3 is 2.55 bits per heavy atom. The standard InChI is InChI=1S/C24H25ClN4O2/c1-16(2)11-12-28-23(30)21-22(29(24(28)31)20-10-6-9-19(25)13-20)26-15-27(21)14-18-8-5-4-7-17(18)3/h4-10,13,15-16H,11-12,14H2,1-3H3. The van der Waals surface area contributed by atoms with Gasteiger partial charge in [-0.2, -0.15) is 0 Å². The number of imidazole rings is 1. The van der Waals surface area contributed by atoms with Gasteiger partial charge in [-0.1, -0.05) is 55.8 Å². The average molecular weight is 437 g/mol. The van der Waals surface area contributed by atoms with E-state index in [1.54, 1.807) is 30.6 Å². The van der Waals surface area contributed by atoms with Gasteiger partial charge in [-0.15, -0.1) is 0 Å². The molecule has 2 heterocycles. The third kappa shape index (κ3) is 4.08. The summed E-state index contributed by atoms with van der Waals surface area (Å²) in [5, 5.41) is 0.511. The van der Waals surface area contributed by atoms with Crippen LogP contribution in [0.1, 0.15) is 31.4 Å². The predicted octanol–water partition coefficient (Wildman–Crippen LogP) is 4.41. The first-order valence-electron chi connectivity index (χ1n) is 10.4. The fraction of sp³-hybridized carbons (Fsp3) is 0.292. The molecule has 0 saturated carbocycles. The normalized spacial score (nSPS) is 11.5.